The Kier molecular flexibility index (Phi) is 4.99. The smallest absolute Gasteiger partial charge is 0.0936 e. The van der Waals surface area contributed by atoms with Gasteiger partial charge in [0.2, 0.25) is 0 Å². The highest BCUT2D eigenvalue weighted by Crippen LogP contribution is 2.30. The van der Waals surface area contributed by atoms with E-state index < -0.39 is 5.60 Å². The Hall–Kier alpha value is -0.870. The molecule has 1 nitrogen and oxygen atoms in total. The fraction of sp³-hybridized carbons (Fsp3) is 0.294. The zero-order chi connectivity index (χ0) is 13.7. The molecule has 1 N–H and O–H groups in total. The lowest BCUT2D eigenvalue weighted by Crippen LogP contribution is -2.28. The van der Waals surface area contributed by atoms with Crippen molar-refractivity contribution in [1.82, 2.24) is 0 Å². The lowest BCUT2D eigenvalue weighted by atomic mass is 9.84. The fourth-order valence-electron chi connectivity index (χ4n) is 2.44. The van der Waals surface area contributed by atoms with Crippen molar-refractivity contribution in [3.8, 4) is 0 Å². The first-order valence-electron chi connectivity index (χ1n) is 6.66. The van der Waals surface area contributed by atoms with Gasteiger partial charge in [0, 0.05) is 9.99 Å². The van der Waals surface area contributed by atoms with Crippen LogP contribution in [0.4, 0.5) is 0 Å². The van der Waals surface area contributed by atoms with Gasteiger partial charge in [0.1, 0.15) is 0 Å². The van der Waals surface area contributed by atoms with Gasteiger partial charge in [-0.3, -0.25) is 0 Å². The van der Waals surface area contributed by atoms with E-state index in [0.29, 0.717) is 6.42 Å². The number of hydrogen-bond acceptors (Lipinski definition) is 1. The standard InChI is InChI=1S/C17H19IO/c1-2-12-17(19,15-6-4-3-5-7-15)13-14-8-10-16(18)11-9-14/h3-11,19H,2,12-13H2,1H3. The summed E-state index contributed by atoms with van der Waals surface area (Å²) in [6, 6.07) is 18.4. The lowest BCUT2D eigenvalue weighted by Gasteiger charge is -2.28. The van der Waals surface area contributed by atoms with Crippen molar-refractivity contribution in [1.29, 1.82) is 0 Å². The van der Waals surface area contributed by atoms with E-state index in [1.807, 2.05) is 30.3 Å². The van der Waals surface area contributed by atoms with Crippen molar-refractivity contribution >= 4 is 22.6 Å². The molecule has 2 aromatic carbocycles. The monoisotopic (exact) mass is 366 g/mol. The van der Waals surface area contributed by atoms with Gasteiger partial charge >= 0.3 is 0 Å². The molecule has 0 spiro atoms. The molecular weight excluding hydrogens is 347 g/mol. The van der Waals surface area contributed by atoms with Gasteiger partial charge in [-0.25, -0.2) is 0 Å². The molecule has 19 heavy (non-hydrogen) atoms. The Morgan fingerprint density at radius 3 is 2.21 bits per heavy atom. The lowest BCUT2D eigenvalue weighted by molar-refractivity contribution is 0.0269. The summed E-state index contributed by atoms with van der Waals surface area (Å²) in [5.74, 6) is 0. The van der Waals surface area contributed by atoms with Crippen LogP contribution in [0.5, 0.6) is 0 Å². The van der Waals surface area contributed by atoms with Gasteiger partial charge in [0.25, 0.3) is 0 Å². The van der Waals surface area contributed by atoms with Crippen LogP contribution in [-0.4, -0.2) is 5.11 Å². The summed E-state index contributed by atoms with van der Waals surface area (Å²) in [4.78, 5) is 0. The van der Waals surface area contributed by atoms with Gasteiger partial charge in [-0.15, -0.1) is 0 Å². The van der Waals surface area contributed by atoms with Crippen molar-refractivity contribution in [2.75, 3.05) is 0 Å². The van der Waals surface area contributed by atoms with Crippen molar-refractivity contribution in [2.24, 2.45) is 0 Å². The molecule has 0 amide bonds. The van der Waals surface area contributed by atoms with E-state index in [4.69, 9.17) is 0 Å². The average Bonchev–Trinajstić information content (AvgIpc) is 2.43. The highest BCUT2D eigenvalue weighted by molar-refractivity contribution is 14.1. The van der Waals surface area contributed by atoms with Crippen molar-refractivity contribution in [2.45, 2.75) is 31.8 Å². The highest BCUT2D eigenvalue weighted by Gasteiger charge is 2.28. The maximum atomic E-state index is 11.0. The first-order valence-corrected chi connectivity index (χ1v) is 7.74. The zero-order valence-electron chi connectivity index (χ0n) is 11.1. The number of rotatable bonds is 5. The minimum Gasteiger partial charge on any atom is -0.385 e. The van der Waals surface area contributed by atoms with Crippen LogP contribution in [-0.2, 0) is 12.0 Å². The molecule has 0 aliphatic carbocycles. The van der Waals surface area contributed by atoms with Gasteiger partial charge in [-0.1, -0.05) is 55.8 Å². The SMILES string of the molecule is CCCC(O)(Cc1ccc(I)cc1)c1ccccc1. The molecule has 0 aromatic heterocycles. The molecule has 1 atom stereocenters. The molecule has 2 heteroatoms. The molecule has 2 aromatic rings. The topological polar surface area (TPSA) is 20.2 Å². The van der Waals surface area contributed by atoms with Crippen LogP contribution in [0, 0.1) is 3.57 Å². The summed E-state index contributed by atoms with van der Waals surface area (Å²) in [5.41, 5.74) is 1.43. The molecule has 0 saturated carbocycles. The van der Waals surface area contributed by atoms with Crippen LogP contribution in [0.1, 0.15) is 30.9 Å². The number of hydrogen-bond donors (Lipinski definition) is 1. The predicted octanol–water partition coefficient (Wildman–Crippen LogP) is 4.52. The van der Waals surface area contributed by atoms with E-state index in [9.17, 15) is 5.11 Å². The average molecular weight is 366 g/mol. The maximum absolute atomic E-state index is 11.0. The zero-order valence-corrected chi connectivity index (χ0v) is 13.3. The molecule has 0 radical (unpaired) electrons. The van der Waals surface area contributed by atoms with Crippen LogP contribution in [0.15, 0.2) is 54.6 Å². The predicted molar refractivity (Wildman–Crippen MR) is 88.1 cm³/mol. The second-order valence-electron chi connectivity index (χ2n) is 4.95. The van der Waals surface area contributed by atoms with Gasteiger partial charge in [-0.2, -0.15) is 0 Å². The third-order valence-electron chi connectivity index (χ3n) is 3.38. The number of halogens is 1. The van der Waals surface area contributed by atoms with E-state index in [2.05, 4.69) is 53.8 Å². The summed E-state index contributed by atoms with van der Waals surface area (Å²) < 4.78 is 1.22. The molecule has 0 aliphatic rings. The van der Waals surface area contributed by atoms with Crippen molar-refractivity contribution in [3.63, 3.8) is 0 Å². The third kappa shape index (κ3) is 3.80. The van der Waals surface area contributed by atoms with Crippen LogP contribution in [0.3, 0.4) is 0 Å². The molecule has 1 unspecified atom stereocenters. The minimum atomic E-state index is -0.761. The molecule has 0 fully saturated rings. The van der Waals surface area contributed by atoms with Gasteiger partial charge < -0.3 is 5.11 Å². The van der Waals surface area contributed by atoms with Gasteiger partial charge in [0.15, 0.2) is 0 Å². The molecule has 2 rings (SSSR count). The fourth-order valence-corrected chi connectivity index (χ4v) is 2.80. The van der Waals surface area contributed by atoms with Gasteiger partial charge in [-0.05, 0) is 52.3 Å². The first-order chi connectivity index (χ1) is 9.14. The van der Waals surface area contributed by atoms with E-state index in [-0.39, 0.29) is 0 Å². The second kappa shape index (κ2) is 6.53. The summed E-state index contributed by atoms with van der Waals surface area (Å²) >= 11 is 2.30. The number of benzene rings is 2. The molecule has 0 saturated heterocycles. The van der Waals surface area contributed by atoms with Crippen molar-refractivity contribution < 1.29 is 5.11 Å². The van der Waals surface area contributed by atoms with E-state index in [1.165, 1.54) is 9.13 Å². The molecule has 100 valence electrons. The Labute approximate surface area is 128 Å². The third-order valence-corrected chi connectivity index (χ3v) is 4.10. The highest BCUT2D eigenvalue weighted by atomic mass is 127. The van der Waals surface area contributed by atoms with Crippen LogP contribution in [0.2, 0.25) is 0 Å². The van der Waals surface area contributed by atoms with E-state index in [0.717, 1.165) is 18.4 Å². The largest absolute Gasteiger partial charge is 0.385 e. The van der Waals surface area contributed by atoms with Gasteiger partial charge in [0.05, 0.1) is 5.60 Å². The first kappa shape index (κ1) is 14.5. The molecule has 0 aliphatic heterocycles. The number of aliphatic hydroxyl groups is 1. The second-order valence-corrected chi connectivity index (χ2v) is 6.20. The van der Waals surface area contributed by atoms with E-state index >= 15 is 0 Å². The summed E-state index contributed by atoms with van der Waals surface area (Å²) in [7, 11) is 0. The molecular formula is C17H19IO. The van der Waals surface area contributed by atoms with E-state index in [1.54, 1.807) is 0 Å². The normalized spacial score (nSPS) is 14.1. The summed E-state index contributed by atoms with van der Waals surface area (Å²) in [5, 5.41) is 11.0. The maximum Gasteiger partial charge on any atom is 0.0936 e. The Balaban J connectivity index is 2.27. The van der Waals surface area contributed by atoms with Crippen LogP contribution >= 0.6 is 22.6 Å². The van der Waals surface area contributed by atoms with Crippen LogP contribution in [0.25, 0.3) is 0 Å². The minimum absolute atomic E-state index is 0.668. The summed E-state index contributed by atoms with van der Waals surface area (Å²) in [6.45, 7) is 2.11. The molecule has 0 bridgehead atoms. The Morgan fingerprint density at radius 2 is 1.63 bits per heavy atom. The van der Waals surface area contributed by atoms with Crippen molar-refractivity contribution in [3.05, 3.63) is 69.3 Å². The van der Waals surface area contributed by atoms with Crippen LogP contribution < -0.4 is 0 Å². The quantitative estimate of drug-likeness (QED) is 0.772. The Bertz CT molecular complexity index is 507. The Morgan fingerprint density at radius 1 is 1.00 bits per heavy atom. The summed E-state index contributed by atoms with van der Waals surface area (Å²) in [6.07, 6.45) is 2.42. The molecule has 0 heterocycles.